The number of hydrazine groups is 1. The molecule has 7 heteroatoms. The summed E-state index contributed by atoms with van der Waals surface area (Å²) >= 11 is 6.22. The molecule has 0 aliphatic carbocycles. The lowest BCUT2D eigenvalue weighted by atomic mass is 10.0. The Hall–Kier alpha value is -1.47. The number of aromatic nitrogens is 2. The maximum Gasteiger partial charge on any atom is 0.128 e. The van der Waals surface area contributed by atoms with Crippen molar-refractivity contribution in [2.45, 2.75) is 12.6 Å². The first-order chi connectivity index (χ1) is 10.0. The first-order valence-corrected chi connectivity index (χ1v) is 6.99. The number of nitrogens with two attached hydrogens (primary N) is 1. The highest BCUT2D eigenvalue weighted by Crippen LogP contribution is 2.29. The van der Waals surface area contributed by atoms with E-state index in [0.29, 0.717) is 22.8 Å². The summed E-state index contributed by atoms with van der Waals surface area (Å²) in [7, 11) is 3.95. The van der Waals surface area contributed by atoms with E-state index >= 15 is 0 Å². The largest absolute Gasteiger partial charge is 0.308 e. The van der Waals surface area contributed by atoms with Gasteiger partial charge in [0.05, 0.1) is 29.5 Å². The molecule has 0 bridgehead atoms. The van der Waals surface area contributed by atoms with Gasteiger partial charge in [0, 0.05) is 12.1 Å². The molecule has 0 radical (unpaired) electrons. The topological polar surface area (TPSA) is 59.1 Å². The van der Waals surface area contributed by atoms with Crippen LogP contribution >= 0.6 is 11.6 Å². The van der Waals surface area contributed by atoms with Gasteiger partial charge in [0.25, 0.3) is 0 Å². The molecule has 0 saturated heterocycles. The summed E-state index contributed by atoms with van der Waals surface area (Å²) in [5, 5.41) is 4.71. The second-order valence-corrected chi connectivity index (χ2v) is 5.43. The van der Waals surface area contributed by atoms with Crippen molar-refractivity contribution in [1.29, 1.82) is 0 Å². The van der Waals surface area contributed by atoms with Gasteiger partial charge in [-0.15, -0.1) is 0 Å². The highest BCUT2D eigenvalue weighted by Gasteiger charge is 2.23. The van der Waals surface area contributed by atoms with Gasteiger partial charge in [-0.3, -0.25) is 10.5 Å². The summed E-state index contributed by atoms with van der Waals surface area (Å²) in [4.78, 5) is 2.04. The number of likely N-dealkylation sites (N-methyl/N-ethyl adjacent to an activating group) is 1. The van der Waals surface area contributed by atoms with Gasteiger partial charge in [0.1, 0.15) is 5.82 Å². The Balaban J connectivity index is 2.38. The van der Waals surface area contributed by atoms with Crippen LogP contribution in [0.15, 0.2) is 30.5 Å². The second kappa shape index (κ2) is 7.00. The number of benzene rings is 1. The van der Waals surface area contributed by atoms with Crippen molar-refractivity contribution in [2.24, 2.45) is 5.84 Å². The fraction of sp³-hybridized carbons (Fsp3) is 0.357. The lowest BCUT2D eigenvalue weighted by molar-refractivity contribution is 0.365. The lowest BCUT2D eigenvalue weighted by Gasteiger charge is -2.20. The van der Waals surface area contributed by atoms with E-state index in [4.69, 9.17) is 17.4 Å². The van der Waals surface area contributed by atoms with Crippen molar-refractivity contribution in [1.82, 2.24) is 20.1 Å². The van der Waals surface area contributed by atoms with Gasteiger partial charge in [-0.05, 0) is 20.2 Å². The maximum absolute atomic E-state index is 14.0. The zero-order valence-corrected chi connectivity index (χ0v) is 12.8. The molecule has 0 fully saturated rings. The maximum atomic E-state index is 14.0. The fourth-order valence-corrected chi connectivity index (χ4v) is 2.41. The first-order valence-electron chi connectivity index (χ1n) is 6.61. The highest BCUT2D eigenvalue weighted by atomic mass is 35.5. The molecule has 1 atom stereocenters. The van der Waals surface area contributed by atoms with Crippen LogP contribution in [0.1, 0.15) is 17.3 Å². The van der Waals surface area contributed by atoms with Gasteiger partial charge in [-0.1, -0.05) is 29.8 Å². The third-order valence-corrected chi connectivity index (χ3v) is 3.54. The van der Waals surface area contributed by atoms with E-state index in [1.807, 2.05) is 19.0 Å². The SMILES string of the molecule is CN(C)CCn1ncc(Cl)c1C(NN)c1ccccc1F. The molecule has 3 N–H and O–H groups in total. The molecule has 1 aromatic heterocycles. The Morgan fingerprint density at radius 3 is 2.76 bits per heavy atom. The first kappa shape index (κ1) is 15.9. The number of nitrogens with one attached hydrogen (secondary N) is 1. The quantitative estimate of drug-likeness (QED) is 0.631. The molecule has 0 spiro atoms. The Labute approximate surface area is 128 Å². The number of hydrogen-bond acceptors (Lipinski definition) is 4. The van der Waals surface area contributed by atoms with E-state index in [-0.39, 0.29) is 5.82 Å². The zero-order chi connectivity index (χ0) is 15.4. The fourth-order valence-electron chi connectivity index (χ4n) is 2.16. The van der Waals surface area contributed by atoms with Gasteiger partial charge in [0.2, 0.25) is 0 Å². The summed E-state index contributed by atoms with van der Waals surface area (Å²) < 4.78 is 15.8. The average Bonchev–Trinajstić information content (AvgIpc) is 2.81. The summed E-state index contributed by atoms with van der Waals surface area (Å²) in [6, 6.07) is 5.92. The van der Waals surface area contributed by atoms with Crippen molar-refractivity contribution < 1.29 is 4.39 Å². The molecule has 0 amide bonds. The molecule has 2 aromatic rings. The summed E-state index contributed by atoms with van der Waals surface area (Å²) in [5.74, 6) is 5.30. The molecule has 1 heterocycles. The zero-order valence-electron chi connectivity index (χ0n) is 12.1. The number of rotatable bonds is 6. The van der Waals surface area contributed by atoms with Gasteiger partial charge < -0.3 is 4.90 Å². The molecule has 1 unspecified atom stereocenters. The standard InChI is InChI=1S/C14H19ClFN5/c1-20(2)7-8-21-14(11(15)9-18-21)13(19-17)10-5-3-4-6-12(10)16/h3-6,9,13,19H,7-8,17H2,1-2H3. The molecule has 0 aliphatic rings. The van der Waals surface area contributed by atoms with Crippen molar-refractivity contribution in [3.8, 4) is 0 Å². The van der Waals surface area contributed by atoms with Crippen LogP contribution in [-0.2, 0) is 6.54 Å². The van der Waals surface area contributed by atoms with Gasteiger partial charge in [0.15, 0.2) is 0 Å². The normalized spacial score (nSPS) is 12.9. The Kier molecular flexibility index (Phi) is 5.30. The van der Waals surface area contributed by atoms with E-state index in [9.17, 15) is 4.39 Å². The van der Waals surface area contributed by atoms with E-state index < -0.39 is 6.04 Å². The summed E-state index contributed by atoms with van der Waals surface area (Å²) in [5.41, 5.74) is 3.73. The van der Waals surface area contributed by atoms with Crippen LogP contribution in [0, 0.1) is 5.82 Å². The third kappa shape index (κ3) is 3.59. The Morgan fingerprint density at radius 2 is 2.14 bits per heavy atom. The van der Waals surface area contributed by atoms with Crippen molar-refractivity contribution >= 4 is 11.6 Å². The van der Waals surface area contributed by atoms with Crippen LogP contribution in [0.3, 0.4) is 0 Å². The van der Waals surface area contributed by atoms with Crippen LogP contribution in [0.4, 0.5) is 4.39 Å². The van der Waals surface area contributed by atoms with Gasteiger partial charge in [-0.2, -0.15) is 5.10 Å². The number of hydrogen-bond donors (Lipinski definition) is 2. The van der Waals surface area contributed by atoms with E-state index in [1.54, 1.807) is 29.1 Å². The highest BCUT2D eigenvalue weighted by molar-refractivity contribution is 6.31. The van der Waals surface area contributed by atoms with E-state index in [0.717, 1.165) is 6.54 Å². The Morgan fingerprint density at radius 1 is 1.43 bits per heavy atom. The molecule has 5 nitrogen and oxygen atoms in total. The predicted octanol–water partition coefficient (Wildman–Crippen LogP) is 1.79. The molecule has 0 aliphatic heterocycles. The molecular weight excluding hydrogens is 293 g/mol. The van der Waals surface area contributed by atoms with Crippen LogP contribution < -0.4 is 11.3 Å². The Bertz CT molecular complexity index is 599. The predicted molar refractivity (Wildman–Crippen MR) is 81.4 cm³/mol. The van der Waals surface area contributed by atoms with Crippen LogP contribution in [0.5, 0.6) is 0 Å². The van der Waals surface area contributed by atoms with Crippen molar-refractivity contribution in [3.63, 3.8) is 0 Å². The molecule has 114 valence electrons. The molecular formula is C14H19ClFN5. The number of nitrogens with zero attached hydrogens (tertiary/aromatic N) is 3. The van der Waals surface area contributed by atoms with Crippen molar-refractivity contribution in [2.75, 3.05) is 20.6 Å². The van der Waals surface area contributed by atoms with Crippen LogP contribution in [0.2, 0.25) is 5.02 Å². The number of halogens is 2. The molecule has 21 heavy (non-hydrogen) atoms. The minimum Gasteiger partial charge on any atom is -0.308 e. The smallest absolute Gasteiger partial charge is 0.128 e. The van der Waals surface area contributed by atoms with Crippen molar-refractivity contribution in [3.05, 3.63) is 52.6 Å². The van der Waals surface area contributed by atoms with Gasteiger partial charge in [-0.25, -0.2) is 9.82 Å². The van der Waals surface area contributed by atoms with E-state index in [2.05, 4.69) is 10.5 Å². The van der Waals surface area contributed by atoms with Crippen LogP contribution in [0.25, 0.3) is 0 Å². The van der Waals surface area contributed by atoms with Crippen LogP contribution in [-0.4, -0.2) is 35.3 Å². The minimum absolute atomic E-state index is 0.336. The van der Waals surface area contributed by atoms with E-state index in [1.165, 1.54) is 6.07 Å². The summed E-state index contributed by atoms with van der Waals surface area (Å²) in [6.45, 7) is 1.43. The lowest BCUT2D eigenvalue weighted by Crippen LogP contribution is -2.32. The third-order valence-electron chi connectivity index (χ3n) is 3.25. The second-order valence-electron chi connectivity index (χ2n) is 5.03. The minimum atomic E-state index is -0.552. The monoisotopic (exact) mass is 311 g/mol. The molecule has 2 rings (SSSR count). The molecule has 1 aromatic carbocycles. The molecule has 0 saturated carbocycles. The van der Waals surface area contributed by atoms with Gasteiger partial charge >= 0.3 is 0 Å². The average molecular weight is 312 g/mol. The summed E-state index contributed by atoms with van der Waals surface area (Å²) in [6.07, 6.45) is 1.55.